The number of nitrogens with one attached hydrogen (secondary N) is 1. The van der Waals surface area contributed by atoms with Crippen molar-refractivity contribution in [3.05, 3.63) is 47.0 Å². The smallest absolute Gasteiger partial charge is 0.309 e. The van der Waals surface area contributed by atoms with Crippen LogP contribution in [0.3, 0.4) is 0 Å². The number of aryl methyl sites for hydroxylation is 1. The number of aliphatic carboxylic acids is 1. The number of hydrogen-bond acceptors (Lipinski definition) is 6. The zero-order chi connectivity index (χ0) is 27.2. The first-order chi connectivity index (χ1) is 18.0. The van der Waals surface area contributed by atoms with E-state index in [0.717, 1.165) is 42.2 Å². The molecule has 2 aromatic heterocycles. The summed E-state index contributed by atoms with van der Waals surface area (Å²) in [6.07, 6.45) is 5.87. The molecule has 0 bridgehead atoms. The third kappa shape index (κ3) is 4.77. The Morgan fingerprint density at radius 3 is 2.42 bits per heavy atom. The number of furan rings is 1. The lowest BCUT2D eigenvalue weighted by Gasteiger charge is -2.38. The number of carbonyl (C=O) groups is 2. The van der Waals surface area contributed by atoms with Crippen LogP contribution < -0.4 is 9.62 Å². The summed E-state index contributed by atoms with van der Waals surface area (Å²) < 4.78 is 33.4. The summed E-state index contributed by atoms with van der Waals surface area (Å²) >= 11 is 0. The van der Waals surface area contributed by atoms with Gasteiger partial charge in [-0.2, -0.15) is 4.98 Å². The molecule has 1 aromatic carbocycles. The van der Waals surface area contributed by atoms with Crippen LogP contribution >= 0.6 is 0 Å². The van der Waals surface area contributed by atoms with Crippen molar-refractivity contribution in [2.45, 2.75) is 57.8 Å². The molecule has 0 unspecified atom stereocenters. The lowest BCUT2D eigenvalue weighted by Crippen LogP contribution is -2.39. The Bertz CT molecular complexity index is 1500. The van der Waals surface area contributed by atoms with E-state index in [2.05, 4.69) is 5.32 Å². The quantitative estimate of drug-likeness (QED) is 0.377. The van der Waals surface area contributed by atoms with E-state index < -0.39 is 21.4 Å². The lowest BCUT2D eigenvalue weighted by atomic mass is 9.66. The van der Waals surface area contributed by atoms with Crippen molar-refractivity contribution in [2.24, 2.45) is 5.41 Å². The summed E-state index contributed by atoms with van der Waals surface area (Å²) in [5, 5.41) is 12.9. The van der Waals surface area contributed by atoms with Crippen LogP contribution in [0.1, 0.15) is 72.3 Å². The Kier molecular flexibility index (Phi) is 6.71. The first-order valence-corrected chi connectivity index (χ1v) is 14.9. The normalized spacial score (nSPS) is 16.7. The van der Waals surface area contributed by atoms with Gasteiger partial charge in [0.1, 0.15) is 11.6 Å². The van der Waals surface area contributed by atoms with Gasteiger partial charge in [-0.15, -0.1) is 0 Å². The molecule has 0 saturated heterocycles. The van der Waals surface area contributed by atoms with Gasteiger partial charge in [-0.05, 0) is 63.0 Å². The first-order valence-electron chi connectivity index (χ1n) is 13.0. The van der Waals surface area contributed by atoms with Crippen LogP contribution in [0.5, 0.6) is 0 Å². The number of nitrogens with zero attached hydrogens (tertiary/aromatic N) is 2. The van der Waals surface area contributed by atoms with Crippen LogP contribution in [0.2, 0.25) is 0 Å². The highest BCUT2D eigenvalue weighted by atomic mass is 32.2. The number of carboxylic acids is 1. The van der Waals surface area contributed by atoms with Crippen molar-refractivity contribution >= 4 is 38.8 Å². The largest absolute Gasteiger partial charge is 0.481 e. The second-order valence-electron chi connectivity index (χ2n) is 10.7. The summed E-state index contributed by atoms with van der Waals surface area (Å²) in [6.45, 7) is 2.10. The van der Waals surface area contributed by atoms with Gasteiger partial charge in [-0.3, -0.25) is 13.9 Å². The zero-order valence-electron chi connectivity index (χ0n) is 21.9. The minimum atomic E-state index is -3.72. The standard InChI is InChI=1S/C28H33N3O6S/c1-17-6-8-19(9-7-17)23-22(25(32)29-2)21-16-20(18-10-11-18)24(30-26(21)37-23)31(38(3,35)36)15-5-14-28(27(33)34)12-4-13-28/h6-9,16,18H,4-5,10-15H2,1-3H3,(H,29,32)(H,33,34). The predicted octanol–water partition coefficient (Wildman–Crippen LogP) is 4.84. The fourth-order valence-electron chi connectivity index (χ4n) is 5.35. The molecule has 5 rings (SSSR count). The summed E-state index contributed by atoms with van der Waals surface area (Å²) in [6, 6.07) is 9.47. The number of hydrogen-bond donors (Lipinski definition) is 2. The average Bonchev–Trinajstić information content (AvgIpc) is 3.62. The molecule has 9 nitrogen and oxygen atoms in total. The molecular weight excluding hydrogens is 506 g/mol. The van der Waals surface area contributed by atoms with E-state index in [9.17, 15) is 23.1 Å². The van der Waals surface area contributed by atoms with Crippen LogP contribution in [0.15, 0.2) is 34.7 Å². The molecule has 202 valence electrons. The molecule has 2 fully saturated rings. The molecule has 0 aliphatic heterocycles. The maximum absolute atomic E-state index is 13.0. The monoisotopic (exact) mass is 539 g/mol. The number of pyridine rings is 1. The molecule has 2 heterocycles. The fraction of sp³-hybridized carbons (Fsp3) is 0.464. The third-order valence-electron chi connectivity index (χ3n) is 7.89. The highest BCUT2D eigenvalue weighted by Gasteiger charge is 2.44. The molecule has 2 aliphatic carbocycles. The number of amides is 1. The third-order valence-corrected chi connectivity index (χ3v) is 9.05. The molecule has 10 heteroatoms. The predicted molar refractivity (Wildman–Crippen MR) is 145 cm³/mol. The molecule has 1 amide bonds. The highest BCUT2D eigenvalue weighted by molar-refractivity contribution is 7.92. The van der Waals surface area contributed by atoms with E-state index in [0.29, 0.717) is 48.2 Å². The molecule has 2 aliphatic rings. The number of rotatable bonds is 10. The molecule has 3 aromatic rings. The molecule has 0 radical (unpaired) electrons. The van der Waals surface area contributed by atoms with Crippen LogP contribution in [0.25, 0.3) is 22.4 Å². The van der Waals surface area contributed by atoms with E-state index in [4.69, 9.17) is 9.40 Å². The van der Waals surface area contributed by atoms with Crippen LogP contribution in [-0.2, 0) is 14.8 Å². The van der Waals surface area contributed by atoms with Gasteiger partial charge < -0.3 is 14.8 Å². The van der Waals surface area contributed by atoms with Crippen LogP contribution in [0.4, 0.5) is 5.82 Å². The summed E-state index contributed by atoms with van der Waals surface area (Å²) in [7, 11) is -2.16. The van der Waals surface area contributed by atoms with Gasteiger partial charge >= 0.3 is 5.97 Å². The topological polar surface area (TPSA) is 130 Å². The van der Waals surface area contributed by atoms with Crippen molar-refractivity contribution in [2.75, 3.05) is 24.2 Å². The fourth-order valence-corrected chi connectivity index (χ4v) is 6.27. The average molecular weight is 540 g/mol. The number of fused-ring (bicyclic) bond motifs is 1. The van der Waals surface area contributed by atoms with E-state index in [-0.39, 0.29) is 24.1 Å². The Labute approximate surface area is 222 Å². The van der Waals surface area contributed by atoms with Crippen molar-refractivity contribution in [3.8, 4) is 11.3 Å². The van der Waals surface area contributed by atoms with Gasteiger partial charge in [0.2, 0.25) is 15.7 Å². The van der Waals surface area contributed by atoms with Gasteiger partial charge in [0.15, 0.2) is 0 Å². The molecular formula is C28H33N3O6S. The minimum absolute atomic E-state index is 0.125. The van der Waals surface area contributed by atoms with E-state index in [1.165, 1.54) is 4.31 Å². The molecule has 38 heavy (non-hydrogen) atoms. The Morgan fingerprint density at radius 2 is 1.89 bits per heavy atom. The van der Waals surface area contributed by atoms with Gasteiger partial charge in [-0.25, -0.2) is 8.42 Å². The van der Waals surface area contributed by atoms with E-state index in [1.807, 2.05) is 37.3 Å². The lowest BCUT2D eigenvalue weighted by molar-refractivity contribution is -0.155. The number of benzene rings is 1. The number of carbonyl (C=O) groups excluding carboxylic acids is 1. The molecule has 2 N–H and O–H groups in total. The first kappa shape index (κ1) is 26.2. The second kappa shape index (κ2) is 9.72. The van der Waals surface area contributed by atoms with E-state index in [1.54, 1.807) is 7.05 Å². The molecule has 0 spiro atoms. The SMILES string of the molecule is CNC(=O)c1c(-c2ccc(C)cc2)oc2nc(N(CCCC3(C(=O)O)CCC3)S(C)(=O)=O)c(C3CC3)cc12. The minimum Gasteiger partial charge on any atom is -0.481 e. The Balaban J connectivity index is 1.59. The van der Waals surface area contributed by atoms with Gasteiger partial charge in [0.05, 0.1) is 22.6 Å². The van der Waals surface area contributed by atoms with Gasteiger partial charge in [0, 0.05) is 19.2 Å². The Morgan fingerprint density at radius 1 is 1.21 bits per heavy atom. The number of carboxylic acid groups (broad SMARTS) is 1. The van der Waals surface area contributed by atoms with Crippen LogP contribution in [0, 0.1) is 12.3 Å². The zero-order valence-corrected chi connectivity index (χ0v) is 22.7. The number of anilines is 1. The van der Waals surface area contributed by atoms with Crippen LogP contribution in [-0.4, -0.2) is 50.2 Å². The summed E-state index contributed by atoms with van der Waals surface area (Å²) in [5.41, 5.74) is 2.35. The van der Waals surface area contributed by atoms with Crippen molar-refractivity contribution in [3.63, 3.8) is 0 Å². The molecule has 0 atom stereocenters. The van der Waals surface area contributed by atoms with E-state index >= 15 is 0 Å². The van der Waals surface area contributed by atoms with Gasteiger partial charge in [0.25, 0.3) is 5.91 Å². The maximum Gasteiger partial charge on any atom is 0.309 e. The highest BCUT2D eigenvalue weighted by Crippen LogP contribution is 2.48. The number of sulfonamides is 1. The number of aromatic nitrogens is 1. The van der Waals surface area contributed by atoms with Crippen molar-refractivity contribution in [1.29, 1.82) is 0 Å². The van der Waals surface area contributed by atoms with Crippen molar-refractivity contribution in [1.82, 2.24) is 10.3 Å². The van der Waals surface area contributed by atoms with Crippen molar-refractivity contribution < 1.29 is 27.5 Å². The maximum atomic E-state index is 13.0. The summed E-state index contributed by atoms with van der Waals surface area (Å²) in [4.78, 5) is 29.5. The van der Waals surface area contributed by atoms with Gasteiger partial charge in [-0.1, -0.05) is 36.2 Å². The summed E-state index contributed by atoms with van der Waals surface area (Å²) in [5.74, 6) is -0.305. The Hall–Kier alpha value is -3.40. The molecule has 2 saturated carbocycles. The second-order valence-corrected chi connectivity index (χ2v) is 12.6.